The molecule has 3 aliphatic rings. The largest absolute Gasteiger partial charge is 0.321 e. The van der Waals surface area contributed by atoms with Gasteiger partial charge in [-0.05, 0) is 39.3 Å². The van der Waals surface area contributed by atoms with Gasteiger partial charge in [-0.25, -0.2) is 0 Å². The molecule has 1 amide bonds. The highest BCUT2D eigenvalue weighted by Gasteiger charge is 2.53. The van der Waals surface area contributed by atoms with E-state index in [2.05, 4.69) is 29.1 Å². The fourth-order valence-electron chi connectivity index (χ4n) is 4.03. The Morgan fingerprint density at radius 2 is 2.11 bits per heavy atom. The highest BCUT2D eigenvalue weighted by molar-refractivity contribution is 5.89. The molecule has 0 bridgehead atoms. The summed E-state index contributed by atoms with van der Waals surface area (Å²) in [4.78, 5) is 17.4. The molecule has 0 aromatic rings. The number of likely N-dealkylation sites (tertiary alicyclic amines) is 1. The molecule has 4 heteroatoms. The topological polar surface area (TPSA) is 35.6 Å². The van der Waals surface area contributed by atoms with E-state index >= 15 is 0 Å². The molecule has 2 unspecified atom stereocenters. The van der Waals surface area contributed by atoms with Crippen molar-refractivity contribution in [3.63, 3.8) is 0 Å². The standard InChI is InChI=1S/C14H25N3O/c1-3-12-15-14(7-4-5-8-14)13(18)17(12)11-6-9-16(2)10-11/h11-12,15H,3-10H2,1-2H3. The van der Waals surface area contributed by atoms with Gasteiger partial charge < -0.3 is 9.80 Å². The van der Waals surface area contributed by atoms with E-state index in [1.165, 1.54) is 12.8 Å². The highest BCUT2D eigenvalue weighted by Crippen LogP contribution is 2.38. The third-order valence-corrected chi connectivity index (χ3v) is 5.03. The molecule has 1 aliphatic carbocycles. The van der Waals surface area contributed by atoms with Crippen LogP contribution in [0, 0.1) is 0 Å². The maximum atomic E-state index is 12.8. The number of nitrogens with zero attached hydrogens (tertiary/aromatic N) is 2. The van der Waals surface area contributed by atoms with E-state index in [1.54, 1.807) is 0 Å². The van der Waals surface area contributed by atoms with Gasteiger partial charge in [0, 0.05) is 12.6 Å². The minimum absolute atomic E-state index is 0.193. The van der Waals surface area contributed by atoms with Crippen molar-refractivity contribution in [2.24, 2.45) is 0 Å². The van der Waals surface area contributed by atoms with Gasteiger partial charge in [0.05, 0.1) is 11.7 Å². The predicted molar refractivity (Wildman–Crippen MR) is 71.2 cm³/mol. The van der Waals surface area contributed by atoms with E-state index in [9.17, 15) is 4.79 Å². The smallest absolute Gasteiger partial charge is 0.244 e. The lowest BCUT2D eigenvalue weighted by molar-refractivity contribution is -0.135. The number of rotatable bonds is 2. The molecule has 0 aromatic heterocycles. The van der Waals surface area contributed by atoms with E-state index in [0.717, 1.165) is 38.8 Å². The maximum Gasteiger partial charge on any atom is 0.244 e. The first-order valence-electron chi connectivity index (χ1n) is 7.45. The van der Waals surface area contributed by atoms with Crippen LogP contribution in [0.4, 0.5) is 0 Å². The molecular formula is C14H25N3O. The second-order valence-corrected chi connectivity index (χ2v) is 6.27. The monoisotopic (exact) mass is 251 g/mol. The van der Waals surface area contributed by atoms with Crippen molar-refractivity contribution in [1.82, 2.24) is 15.1 Å². The summed E-state index contributed by atoms with van der Waals surface area (Å²) in [7, 11) is 2.15. The summed E-state index contributed by atoms with van der Waals surface area (Å²) in [6.45, 7) is 4.35. The Bertz CT molecular complexity index is 338. The quantitative estimate of drug-likeness (QED) is 0.800. The third-order valence-electron chi connectivity index (χ3n) is 5.03. The van der Waals surface area contributed by atoms with Gasteiger partial charge in [0.15, 0.2) is 0 Å². The van der Waals surface area contributed by atoms with Gasteiger partial charge in [-0.3, -0.25) is 10.1 Å². The van der Waals surface area contributed by atoms with Crippen LogP contribution in [0.3, 0.4) is 0 Å². The van der Waals surface area contributed by atoms with Crippen LogP contribution in [0.2, 0.25) is 0 Å². The maximum absolute atomic E-state index is 12.8. The van der Waals surface area contributed by atoms with Crippen LogP contribution in [-0.4, -0.2) is 53.6 Å². The molecule has 2 atom stereocenters. The zero-order valence-electron chi connectivity index (χ0n) is 11.6. The Kier molecular flexibility index (Phi) is 3.10. The van der Waals surface area contributed by atoms with E-state index in [1.807, 2.05) is 0 Å². The summed E-state index contributed by atoms with van der Waals surface area (Å²) in [5, 5.41) is 3.67. The lowest BCUT2D eigenvalue weighted by Crippen LogP contribution is -2.46. The Morgan fingerprint density at radius 3 is 2.67 bits per heavy atom. The SMILES string of the molecule is CCC1NC2(CCCC2)C(=O)N1C1CCN(C)C1. The van der Waals surface area contributed by atoms with Gasteiger partial charge in [0.2, 0.25) is 5.91 Å². The van der Waals surface area contributed by atoms with Crippen LogP contribution >= 0.6 is 0 Å². The minimum atomic E-state index is -0.193. The molecule has 1 saturated carbocycles. The average molecular weight is 251 g/mol. The Labute approximate surface area is 110 Å². The van der Waals surface area contributed by atoms with Crippen molar-refractivity contribution in [3.8, 4) is 0 Å². The van der Waals surface area contributed by atoms with Gasteiger partial charge in [0.25, 0.3) is 0 Å². The fraction of sp³-hybridized carbons (Fsp3) is 0.929. The third kappa shape index (κ3) is 1.77. The van der Waals surface area contributed by atoms with Crippen molar-refractivity contribution in [2.75, 3.05) is 20.1 Å². The van der Waals surface area contributed by atoms with Crippen LogP contribution in [-0.2, 0) is 4.79 Å². The average Bonchev–Trinajstić information content (AvgIpc) is 3.03. The number of hydrogen-bond acceptors (Lipinski definition) is 3. The van der Waals surface area contributed by atoms with Gasteiger partial charge in [-0.15, -0.1) is 0 Å². The van der Waals surface area contributed by atoms with Gasteiger partial charge in [0.1, 0.15) is 0 Å². The van der Waals surface area contributed by atoms with E-state index < -0.39 is 0 Å². The molecule has 2 aliphatic heterocycles. The van der Waals surface area contributed by atoms with Gasteiger partial charge in [-0.2, -0.15) is 0 Å². The Hall–Kier alpha value is -0.610. The number of carbonyl (C=O) groups is 1. The molecule has 2 saturated heterocycles. The number of likely N-dealkylation sites (N-methyl/N-ethyl adjacent to an activating group) is 1. The van der Waals surface area contributed by atoms with Crippen LogP contribution in [0.1, 0.15) is 45.4 Å². The van der Waals surface area contributed by atoms with Crippen molar-refractivity contribution in [1.29, 1.82) is 0 Å². The summed E-state index contributed by atoms with van der Waals surface area (Å²) in [5.41, 5.74) is -0.193. The second-order valence-electron chi connectivity index (χ2n) is 6.27. The molecule has 3 fully saturated rings. The van der Waals surface area contributed by atoms with E-state index in [-0.39, 0.29) is 11.7 Å². The minimum Gasteiger partial charge on any atom is -0.321 e. The normalized spacial score (nSPS) is 36.1. The van der Waals surface area contributed by atoms with Crippen LogP contribution in [0.25, 0.3) is 0 Å². The van der Waals surface area contributed by atoms with Crippen molar-refractivity contribution in [2.45, 2.75) is 63.2 Å². The number of carbonyl (C=O) groups excluding carboxylic acids is 1. The second kappa shape index (κ2) is 4.49. The molecule has 102 valence electrons. The summed E-state index contributed by atoms with van der Waals surface area (Å²) in [6.07, 6.45) is 6.92. The van der Waals surface area contributed by atoms with Gasteiger partial charge in [-0.1, -0.05) is 19.8 Å². The van der Waals surface area contributed by atoms with Crippen LogP contribution in [0.5, 0.6) is 0 Å². The molecule has 0 aromatic carbocycles. The summed E-state index contributed by atoms with van der Waals surface area (Å²) < 4.78 is 0. The number of hydrogen-bond donors (Lipinski definition) is 1. The van der Waals surface area contributed by atoms with Gasteiger partial charge >= 0.3 is 0 Å². The first-order chi connectivity index (χ1) is 8.66. The van der Waals surface area contributed by atoms with Crippen LogP contribution < -0.4 is 5.32 Å². The van der Waals surface area contributed by atoms with E-state index in [0.29, 0.717) is 11.9 Å². The Morgan fingerprint density at radius 1 is 1.39 bits per heavy atom. The van der Waals surface area contributed by atoms with Crippen molar-refractivity contribution >= 4 is 5.91 Å². The zero-order valence-corrected chi connectivity index (χ0v) is 11.6. The lowest BCUT2D eigenvalue weighted by Gasteiger charge is -2.29. The van der Waals surface area contributed by atoms with Crippen LogP contribution in [0.15, 0.2) is 0 Å². The first-order valence-corrected chi connectivity index (χ1v) is 7.45. The molecule has 4 nitrogen and oxygen atoms in total. The number of nitrogens with one attached hydrogen (secondary N) is 1. The first kappa shape index (κ1) is 12.4. The molecule has 1 N–H and O–H groups in total. The zero-order chi connectivity index (χ0) is 12.8. The molecule has 0 radical (unpaired) electrons. The summed E-state index contributed by atoms with van der Waals surface area (Å²) in [5.74, 6) is 0.396. The van der Waals surface area contributed by atoms with E-state index in [4.69, 9.17) is 0 Å². The summed E-state index contributed by atoms with van der Waals surface area (Å²) in [6, 6.07) is 0.430. The number of amides is 1. The molecule has 18 heavy (non-hydrogen) atoms. The predicted octanol–water partition coefficient (Wildman–Crippen LogP) is 1.17. The highest BCUT2D eigenvalue weighted by atomic mass is 16.2. The lowest BCUT2D eigenvalue weighted by atomic mass is 9.97. The fourth-order valence-corrected chi connectivity index (χ4v) is 4.03. The molecule has 3 rings (SSSR count). The summed E-state index contributed by atoms with van der Waals surface area (Å²) >= 11 is 0. The molecule has 2 heterocycles. The Balaban J connectivity index is 1.81. The molecular weight excluding hydrogens is 226 g/mol. The van der Waals surface area contributed by atoms with Crippen molar-refractivity contribution < 1.29 is 4.79 Å². The van der Waals surface area contributed by atoms with Crippen molar-refractivity contribution in [3.05, 3.63) is 0 Å². The molecule has 1 spiro atoms.